The van der Waals surface area contributed by atoms with Crippen molar-refractivity contribution in [1.29, 1.82) is 0 Å². The van der Waals surface area contributed by atoms with Crippen molar-refractivity contribution in [1.82, 2.24) is 4.90 Å². The van der Waals surface area contributed by atoms with E-state index >= 15 is 0 Å². The Hall–Kier alpha value is -1.61. The molecule has 1 saturated heterocycles. The maximum atomic E-state index is 12.5. The van der Waals surface area contributed by atoms with E-state index in [1.165, 1.54) is 13.0 Å². The molecule has 8 atom stereocenters. The van der Waals surface area contributed by atoms with Gasteiger partial charge in [-0.1, -0.05) is 20.8 Å². The van der Waals surface area contributed by atoms with E-state index in [4.69, 9.17) is 9.47 Å². The Morgan fingerprint density at radius 1 is 0.971 bits per heavy atom. The number of esters is 1. The number of hydrogen-bond donors (Lipinski definition) is 2. The van der Waals surface area contributed by atoms with E-state index in [2.05, 4.69) is 4.90 Å². The smallest absolute Gasteiger partial charge is 0.316 e. The molecule has 2 heterocycles. The van der Waals surface area contributed by atoms with Gasteiger partial charge >= 0.3 is 5.97 Å². The van der Waals surface area contributed by atoms with E-state index in [1.807, 2.05) is 41.8 Å². The SMILES string of the molecule is C/C1=C\[C@](C)(O)COC(=O)C(C)C(=O)[C@H](C)C[C@@H](C)C[C@@H](C)C1=O.CC1CC(N(C)C)CC(O)O1. The van der Waals surface area contributed by atoms with Crippen molar-refractivity contribution in [2.45, 2.75) is 98.2 Å². The van der Waals surface area contributed by atoms with Gasteiger partial charge in [-0.15, -0.1) is 0 Å². The molecule has 0 aliphatic carbocycles. The second kappa shape index (κ2) is 13.6. The Balaban J connectivity index is 0.000000462. The lowest BCUT2D eigenvalue weighted by atomic mass is 9.82. The van der Waals surface area contributed by atoms with E-state index in [-0.39, 0.29) is 42.0 Å². The molecule has 0 aromatic heterocycles. The summed E-state index contributed by atoms with van der Waals surface area (Å²) in [5.41, 5.74) is -0.982. The molecule has 8 heteroatoms. The van der Waals surface area contributed by atoms with Crippen molar-refractivity contribution in [3.63, 3.8) is 0 Å². The minimum atomic E-state index is -1.45. The van der Waals surface area contributed by atoms with Crippen LogP contribution in [-0.4, -0.2) is 77.4 Å². The van der Waals surface area contributed by atoms with Crippen LogP contribution in [0.4, 0.5) is 0 Å². The van der Waals surface area contributed by atoms with Gasteiger partial charge in [0.25, 0.3) is 0 Å². The second-order valence-corrected chi connectivity index (χ2v) is 11.1. The molecular formula is C27H47NO7. The quantitative estimate of drug-likeness (QED) is 0.420. The Bertz CT molecular complexity index is 751. The third kappa shape index (κ3) is 10.5. The largest absolute Gasteiger partial charge is 0.462 e. The topological polar surface area (TPSA) is 113 Å². The first kappa shape index (κ1) is 31.4. The maximum absolute atomic E-state index is 12.5. The molecule has 0 radical (unpaired) electrons. The molecule has 2 aliphatic rings. The summed E-state index contributed by atoms with van der Waals surface area (Å²) in [4.78, 5) is 39.1. The standard InChI is InChI=1S/C19H30O5.C8H17NO2/c1-11-7-12(2)16(20)14(4)9-19(6,23)10-24-18(22)15(5)17(21)13(3)8-11;1-6-4-7(9(2)3)5-8(10)11-6/h9,11-13,15,23H,7-8,10H2,1-6H3;6-8,10H,4-5H2,1-3H3/b14-9+;/t11-,12+,13+,15?,19-;/m0./s1. The van der Waals surface area contributed by atoms with Crippen LogP contribution in [0, 0.1) is 23.7 Å². The third-order valence-corrected chi connectivity index (χ3v) is 6.85. The molecule has 2 rings (SSSR count). The number of aliphatic hydroxyl groups is 2. The lowest BCUT2D eigenvalue weighted by Crippen LogP contribution is -2.41. The number of allylic oxidation sites excluding steroid dienone is 1. The molecule has 2 N–H and O–H groups in total. The fourth-order valence-corrected chi connectivity index (χ4v) is 4.89. The first-order valence-corrected chi connectivity index (χ1v) is 12.7. The lowest BCUT2D eigenvalue weighted by molar-refractivity contribution is -0.172. The van der Waals surface area contributed by atoms with Crippen molar-refractivity contribution in [2.75, 3.05) is 20.7 Å². The number of rotatable bonds is 1. The van der Waals surface area contributed by atoms with Crippen LogP contribution in [0.1, 0.15) is 74.1 Å². The van der Waals surface area contributed by atoms with Crippen LogP contribution in [0.25, 0.3) is 0 Å². The van der Waals surface area contributed by atoms with Gasteiger partial charge in [0.1, 0.15) is 23.9 Å². The highest BCUT2D eigenvalue weighted by Gasteiger charge is 2.32. The van der Waals surface area contributed by atoms with Crippen molar-refractivity contribution < 1.29 is 34.1 Å². The molecular weight excluding hydrogens is 450 g/mol. The highest BCUT2D eigenvalue weighted by atomic mass is 16.6. The Labute approximate surface area is 211 Å². The maximum Gasteiger partial charge on any atom is 0.316 e. The van der Waals surface area contributed by atoms with Gasteiger partial charge in [0.05, 0.1) is 6.10 Å². The Kier molecular flexibility index (Phi) is 12.2. The number of Topliss-reactive ketones (excluding diaryl/α,β-unsaturated/α-hetero) is 2. The van der Waals surface area contributed by atoms with E-state index < -0.39 is 23.8 Å². The summed E-state index contributed by atoms with van der Waals surface area (Å²) in [5.74, 6) is -1.95. The average molecular weight is 498 g/mol. The molecule has 8 nitrogen and oxygen atoms in total. The fourth-order valence-electron chi connectivity index (χ4n) is 4.89. The molecule has 35 heavy (non-hydrogen) atoms. The second-order valence-electron chi connectivity index (χ2n) is 11.1. The molecule has 0 bridgehead atoms. The van der Waals surface area contributed by atoms with Crippen LogP contribution in [0.15, 0.2) is 11.6 Å². The summed E-state index contributed by atoms with van der Waals surface area (Å²) in [6, 6.07) is 0.466. The van der Waals surface area contributed by atoms with Crippen molar-refractivity contribution >= 4 is 17.5 Å². The number of hydrogen-bond acceptors (Lipinski definition) is 8. The highest BCUT2D eigenvalue weighted by Crippen LogP contribution is 2.26. The van der Waals surface area contributed by atoms with Gasteiger partial charge in [0.15, 0.2) is 12.1 Å². The van der Waals surface area contributed by atoms with Crippen molar-refractivity contribution in [3.05, 3.63) is 11.6 Å². The number of ketones is 2. The molecule has 4 unspecified atom stereocenters. The molecule has 0 saturated carbocycles. The first-order chi connectivity index (χ1) is 16.0. The van der Waals surface area contributed by atoms with Crippen LogP contribution in [0.5, 0.6) is 0 Å². The van der Waals surface area contributed by atoms with Gasteiger partial charge in [-0.3, -0.25) is 14.4 Å². The molecule has 0 spiro atoms. The van der Waals surface area contributed by atoms with Crippen LogP contribution < -0.4 is 0 Å². The Morgan fingerprint density at radius 2 is 1.54 bits per heavy atom. The normalized spacial score (nSPS) is 39.6. The number of aliphatic hydroxyl groups excluding tert-OH is 1. The third-order valence-electron chi connectivity index (χ3n) is 6.85. The number of carbonyl (C=O) groups excluding carboxylic acids is 3. The monoisotopic (exact) mass is 497 g/mol. The summed E-state index contributed by atoms with van der Waals surface area (Å²) in [7, 11) is 4.07. The van der Waals surface area contributed by atoms with Crippen LogP contribution >= 0.6 is 0 Å². The lowest BCUT2D eigenvalue weighted by Gasteiger charge is -2.34. The van der Waals surface area contributed by atoms with Crippen LogP contribution in [0.3, 0.4) is 0 Å². The number of carbonyl (C=O) groups is 3. The molecule has 1 fully saturated rings. The fraction of sp³-hybridized carbons (Fsp3) is 0.815. The predicted octanol–water partition coefficient (Wildman–Crippen LogP) is 3.14. The molecule has 0 aromatic carbocycles. The highest BCUT2D eigenvalue weighted by molar-refractivity contribution is 5.99. The Morgan fingerprint density at radius 3 is 2.09 bits per heavy atom. The van der Waals surface area contributed by atoms with Gasteiger partial charge in [-0.05, 0) is 78.6 Å². The minimum Gasteiger partial charge on any atom is -0.462 e. The molecule has 2 aliphatic heterocycles. The molecule has 202 valence electrons. The summed E-state index contributed by atoms with van der Waals surface area (Å²) >= 11 is 0. The zero-order valence-corrected chi connectivity index (χ0v) is 23.0. The average Bonchev–Trinajstić information content (AvgIpc) is 2.74. The first-order valence-electron chi connectivity index (χ1n) is 12.7. The van der Waals surface area contributed by atoms with Gasteiger partial charge in [-0.25, -0.2) is 0 Å². The summed E-state index contributed by atoms with van der Waals surface area (Å²) < 4.78 is 10.3. The molecule has 0 aromatic rings. The van der Waals surface area contributed by atoms with E-state index in [0.29, 0.717) is 24.5 Å². The number of nitrogens with zero attached hydrogens (tertiary/aromatic N) is 1. The van der Waals surface area contributed by atoms with Gasteiger partial charge in [0.2, 0.25) is 0 Å². The predicted molar refractivity (Wildman–Crippen MR) is 135 cm³/mol. The minimum absolute atomic E-state index is 0.0298. The van der Waals surface area contributed by atoms with Gasteiger partial charge in [-0.2, -0.15) is 0 Å². The van der Waals surface area contributed by atoms with Gasteiger partial charge < -0.3 is 24.6 Å². The van der Waals surface area contributed by atoms with Crippen molar-refractivity contribution in [3.8, 4) is 0 Å². The van der Waals surface area contributed by atoms with Gasteiger partial charge in [0, 0.05) is 24.3 Å². The number of cyclic esters (lactones) is 1. The van der Waals surface area contributed by atoms with E-state index in [9.17, 15) is 24.6 Å². The summed E-state index contributed by atoms with van der Waals surface area (Å²) in [5, 5.41) is 19.6. The zero-order chi connectivity index (χ0) is 27.1. The van der Waals surface area contributed by atoms with E-state index in [0.717, 1.165) is 12.8 Å². The van der Waals surface area contributed by atoms with Crippen LogP contribution in [0.2, 0.25) is 0 Å². The summed E-state index contributed by atoms with van der Waals surface area (Å²) in [6.07, 6.45) is 4.11. The zero-order valence-electron chi connectivity index (χ0n) is 23.0. The van der Waals surface area contributed by atoms with Crippen molar-refractivity contribution in [2.24, 2.45) is 23.7 Å². The van der Waals surface area contributed by atoms with Crippen LogP contribution in [-0.2, 0) is 23.9 Å². The number of ether oxygens (including phenoxy) is 2. The summed E-state index contributed by atoms with van der Waals surface area (Å²) in [6.45, 7) is 12.1. The molecule has 0 amide bonds. The van der Waals surface area contributed by atoms with E-state index in [1.54, 1.807) is 13.8 Å².